The van der Waals surface area contributed by atoms with E-state index in [0.717, 1.165) is 115 Å². The van der Waals surface area contributed by atoms with Crippen molar-refractivity contribution in [3.8, 4) is 0 Å². The fourth-order valence-corrected chi connectivity index (χ4v) is 13.4. The molecular weight excluding hydrogens is 829 g/mol. The van der Waals surface area contributed by atoms with Crippen LogP contribution in [0.1, 0.15) is 111 Å². The summed E-state index contributed by atoms with van der Waals surface area (Å²) in [5.41, 5.74) is 12.6. The first-order chi connectivity index (χ1) is 29.4. The van der Waals surface area contributed by atoms with Gasteiger partial charge >= 0.3 is 6.03 Å². The van der Waals surface area contributed by atoms with Gasteiger partial charge in [0.2, 0.25) is 26.1 Å². The number of likely N-dealkylation sites (tertiary alicyclic amines) is 2. The first kappa shape index (κ1) is 45.4. The van der Waals surface area contributed by atoms with Gasteiger partial charge in [-0.15, -0.1) is 0 Å². The number of nitrogens with two attached hydrogens (primary N) is 1. The third kappa shape index (κ3) is 10.0. The van der Waals surface area contributed by atoms with Gasteiger partial charge in [0.1, 0.15) is 0 Å². The zero-order valence-electron chi connectivity index (χ0n) is 37.0. The zero-order valence-corrected chi connectivity index (χ0v) is 38.7. The molecule has 0 radical (unpaired) electrons. The summed E-state index contributed by atoms with van der Waals surface area (Å²) < 4.78 is 60.9. The SMILES string of the molecule is CC(C)N1CC2(COC(CS(=O)(=O)NC(=O)Nc3c4c(cc5c3CCC5)CCC4)C2)C1.CC(C)N1CC2(COC(CS(N)(=O)=O)C2)C1.O=C=Nc1c2c(cc3c1CCC3)CCC2. The number of benzene rings is 2. The molecular formula is C46H66N6O8S2. The molecule has 4 aliphatic carbocycles. The number of aliphatic imine (C=N–C) groups is 1. The Hall–Kier alpha value is -3.21. The Labute approximate surface area is 368 Å². The smallest absolute Gasteiger partial charge is 0.332 e. The van der Waals surface area contributed by atoms with Crippen LogP contribution in [-0.2, 0) is 85.7 Å². The molecule has 2 aromatic carbocycles. The van der Waals surface area contributed by atoms with Crippen LogP contribution in [0.3, 0.4) is 0 Å². The molecule has 2 aromatic rings. The highest BCUT2D eigenvalue weighted by atomic mass is 32.2. The van der Waals surface area contributed by atoms with Crippen LogP contribution < -0.4 is 15.2 Å². The minimum Gasteiger partial charge on any atom is -0.376 e. The number of nitrogens with one attached hydrogen (secondary N) is 2. The Bertz CT molecular complexity index is 2250. The van der Waals surface area contributed by atoms with Gasteiger partial charge in [0.25, 0.3) is 0 Å². The highest BCUT2D eigenvalue weighted by Gasteiger charge is 2.51. The van der Waals surface area contributed by atoms with E-state index in [1.54, 1.807) is 6.08 Å². The van der Waals surface area contributed by atoms with Crippen molar-refractivity contribution in [3.05, 3.63) is 56.6 Å². The number of urea groups is 1. The number of rotatable bonds is 9. The van der Waals surface area contributed by atoms with Gasteiger partial charge in [-0.1, -0.05) is 12.1 Å². The highest BCUT2D eigenvalue weighted by Crippen LogP contribution is 2.44. The van der Waals surface area contributed by atoms with Crippen molar-refractivity contribution in [2.45, 2.75) is 142 Å². The molecule has 4 saturated heterocycles. The number of hydrogen-bond donors (Lipinski definition) is 3. The Morgan fingerprint density at radius 1 is 0.726 bits per heavy atom. The Morgan fingerprint density at radius 2 is 1.15 bits per heavy atom. The fourth-order valence-electron chi connectivity index (χ4n) is 11.6. The molecule has 4 fully saturated rings. The Balaban J connectivity index is 0.000000143. The normalized spacial score (nSPS) is 24.0. The molecule has 0 bridgehead atoms. The second-order valence-corrected chi connectivity index (χ2v) is 23.5. The number of isocyanates is 1. The van der Waals surface area contributed by atoms with E-state index < -0.39 is 26.1 Å². The van der Waals surface area contributed by atoms with Gasteiger partial charge in [-0.3, -0.25) is 9.80 Å². The third-order valence-electron chi connectivity index (χ3n) is 14.6. The molecule has 4 aliphatic heterocycles. The van der Waals surface area contributed by atoms with E-state index >= 15 is 0 Å². The summed E-state index contributed by atoms with van der Waals surface area (Å²) >= 11 is 0. The number of amides is 2. The van der Waals surface area contributed by atoms with Crippen LogP contribution >= 0.6 is 0 Å². The topological polar surface area (TPSA) is 190 Å². The maximum absolute atomic E-state index is 12.7. The number of sulfonamides is 2. The molecule has 62 heavy (non-hydrogen) atoms. The van der Waals surface area contributed by atoms with Crippen molar-refractivity contribution in [2.75, 3.05) is 56.2 Å². The van der Waals surface area contributed by atoms with Gasteiger partial charge in [-0.2, -0.15) is 4.99 Å². The average Bonchev–Trinajstić information content (AvgIpc) is 4.01. The summed E-state index contributed by atoms with van der Waals surface area (Å²) in [5.74, 6) is -0.217. The lowest BCUT2D eigenvalue weighted by Gasteiger charge is -2.49. The number of ether oxygens (including phenoxy) is 2. The van der Waals surface area contributed by atoms with Crippen molar-refractivity contribution in [3.63, 3.8) is 0 Å². The van der Waals surface area contributed by atoms with Crippen molar-refractivity contribution in [2.24, 2.45) is 21.0 Å². The van der Waals surface area contributed by atoms with E-state index in [2.05, 4.69) is 64.7 Å². The molecule has 2 atom stereocenters. The van der Waals surface area contributed by atoms with E-state index in [-0.39, 0.29) is 34.5 Å². The first-order valence-corrected chi connectivity index (χ1v) is 26.2. The summed E-state index contributed by atoms with van der Waals surface area (Å²) in [6.45, 7) is 13.9. The largest absolute Gasteiger partial charge is 0.376 e. The second-order valence-electron chi connectivity index (χ2n) is 20.1. The highest BCUT2D eigenvalue weighted by molar-refractivity contribution is 7.90. The maximum Gasteiger partial charge on any atom is 0.332 e. The van der Waals surface area contributed by atoms with Gasteiger partial charge in [-0.05, 0) is 162 Å². The number of anilines is 1. The number of aryl methyl sites for hydroxylation is 4. The van der Waals surface area contributed by atoms with Crippen LogP contribution in [0.4, 0.5) is 16.2 Å². The van der Waals surface area contributed by atoms with Crippen molar-refractivity contribution < 1.29 is 35.9 Å². The van der Waals surface area contributed by atoms with Crippen LogP contribution in [0, 0.1) is 10.8 Å². The molecule has 10 rings (SSSR count). The summed E-state index contributed by atoms with van der Waals surface area (Å²) in [5, 5.41) is 7.92. The predicted molar refractivity (Wildman–Crippen MR) is 240 cm³/mol. The lowest BCUT2D eigenvalue weighted by Crippen LogP contribution is -2.59. The van der Waals surface area contributed by atoms with E-state index in [1.807, 2.05) is 0 Å². The molecule has 8 aliphatic rings. The molecule has 4 heterocycles. The lowest BCUT2D eigenvalue weighted by molar-refractivity contribution is -0.0273. The number of primary sulfonamides is 1. The number of hydrogen-bond acceptors (Lipinski definition) is 11. The molecule has 2 spiro atoms. The Kier molecular flexibility index (Phi) is 13.2. The van der Waals surface area contributed by atoms with Gasteiger partial charge in [0, 0.05) is 54.8 Å². The summed E-state index contributed by atoms with van der Waals surface area (Å²) in [6.07, 6.45) is 15.7. The van der Waals surface area contributed by atoms with Crippen LogP contribution in [0.25, 0.3) is 0 Å². The Morgan fingerprint density at radius 3 is 1.56 bits per heavy atom. The lowest BCUT2D eigenvalue weighted by atomic mass is 9.77. The molecule has 2 amide bonds. The summed E-state index contributed by atoms with van der Waals surface area (Å²) in [7, 11) is -7.19. The minimum absolute atomic E-state index is 0.0452. The van der Waals surface area contributed by atoms with E-state index in [0.29, 0.717) is 25.3 Å². The van der Waals surface area contributed by atoms with Gasteiger partial charge < -0.3 is 14.8 Å². The first-order valence-electron chi connectivity index (χ1n) is 22.9. The third-order valence-corrected chi connectivity index (χ3v) is 16.7. The molecule has 0 aromatic heterocycles. The van der Waals surface area contributed by atoms with Crippen molar-refractivity contribution in [1.82, 2.24) is 14.5 Å². The molecule has 14 nitrogen and oxygen atoms in total. The van der Waals surface area contributed by atoms with Crippen LogP contribution in [0.15, 0.2) is 17.1 Å². The second kappa shape index (κ2) is 18.0. The average molecular weight is 895 g/mol. The van der Waals surface area contributed by atoms with Gasteiger partial charge in [0.05, 0.1) is 42.6 Å². The minimum atomic E-state index is -3.78. The number of carbonyl (C=O) groups is 1. The van der Waals surface area contributed by atoms with Crippen LogP contribution in [-0.4, -0.2) is 114 Å². The van der Waals surface area contributed by atoms with Crippen molar-refractivity contribution >= 4 is 43.5 Å². The van der Waals surface area contributed by atoms with Crippen LogP contribution in [0.2, 0.25) is 0 Å². The molecule has 4 N–H and O–H groups in total. The number of nitrogens with zero attached hydrogens (tertiary/aromatic N) is 3. The molecule has 0 saturated carbocycles. The fraction of sp³-hybridized carbons (Fsp3) is 0.696. The standard InChI is InChI=1S/C23H33N3O4S.C13H13NO.C10H20N2O3S/c1-15(2)26-12-23(13-26)10-18(30-14-23)11-31(28,29)25-22(27)24-21-19-7-3-5-16(19)9-17-6-4-8-20(17)21;15-8-14-13-11-5-1-3-9(11)7-10-4-2-6-12(10)13;1-8(2)12-5-10(6-12)3-9(15-7-10)4-16(11,13)14/h9,15,18H,3-8,10-14H2,1-2H3,(H2,24,25,27);7H,1-6H2;8-9H,3-7H2,1-2H3,(H2,11,13,14). The van der Waals surface area contributed by atoms with Gasteiger partial charge in [0.15, 0.2) is 0 Å². The van der Waals surface area contributed by atoms with Crippen molar-refractivity contribution in [1.29, 1.82) is 0 Å². The zero-order chi connectivity index (χ0) is 44.0. The number of fused-ring (bicyclic) bond motifs is 4. The van der Waals surface area contributed by atoms with Crippen LogP contribution in [0.5, 0.6) is 0 Å². The molecule has 2 unspecified atom stereocenters. The van der Waals surface area contributed by atoms with E-state index in [1.165, 1.54) is 57.3 Å². The molecule has 16 heteroatoms. The quantitative estimate of drug-likeness (QED) is 0.228. The number of carbonyl (C=O) groups excluding carboxylic acids is 2. The summed E-state index contributed by atoms with van der Waals surface area (Å²) in [6, 6.07) is 5.03. The predicted octanol–water partition coefficient (Wildman–Crippen LogP) is 5.02. The monoisotopic (exact) mass is 894 g/mol. The summed E-state index contributed by atoms with van der Waals surface area (Å²) in [4.78, 5) is 31.8. The van der Waals surface area contributed by atoms with E-state index in [9.17, 15) is 26.4 Å². The van der Waals surface area contributed by atoms with Gasteiger partial charge in [-0.25, -0.2) is 36.3 Å². The maximum atomic E-state index is 12.7. The van der Waals surface area contributed by atoms with E-state index in [4.69, 9.17) is 14.6 Å². The molecule has 340 valence electrons.